The second-order valence-corrected chi connectivity index (χ2v) is 9.57. The van der Waals surface area contributed by atoms with Gasteiger partial charge in [0.1, 0.15) is 5.56 Å². The highest BCUT2D eigenvalue weighted by Crippen LogP contribution is 2.40. The van der Waals surface area contributed by atoms with Gasteiger partial charge in [0.05, 0.1) is 12.3 Å². The van der Waals surface area contributed by atoms with Gasteiger partial charge in [-0.2, -0.15) is 0 Å². The molecular formula is C26H33N3O5. The minimum atomic E-state index is -1.22. The van der Waals surface area contributed by atoms with Crippen LogP contribution in [0, 0.1) is 5.92 Å². The number of ketones is 1. The van der Waals surface area contributed by atoms with E-state index in [9.17, 15) is 19.5 Å². The Hall–Kier alpha value is -2.97. The number of rotatable bonds is 7. The molecule has 0 saturated carbocycles. The molecule has 1 aromatic carbocycles. The topological polar surface area (TPSA) is 92.1 Å². The van der Waals surface area contributed by atoms with Crippen LogP contribution in [0.2, 0.25) is 0 Å². The van der Waals surface area contributed by atoms with Crippen molar-refractivity contribution >= 4 is 17.4 Å². The number of methoxy groups -OCH3 is 1. The third-order valence-corrected chi connectivity index (χ3v) is 7.07. The van der Waals surface area contributed by atoms with Gasteiger partial charge in [-0.3, -0.25) is 14.5 Å². The molecular weight excluding hydrogens is 434 g/mol. The van der Waals surface area contributed by atoms with Crippen LogP contribution in [-0.4, -0.2) is 72.8 Å². The molecule has 1 saturated heterocycles. The number of pyridine rings is 1. The van der Waals surface area contributed by atoms with Crippen molar-refractivity contribution in [2.45, 2.75) is 33.2 Å². The fourth-order valence-corrected chi connectivity index (χ4v) is 5.10. The minimum absolute atomic E-state index is 0.0168. The van der Waals surface area contributed by atoms with Crippen LogP contribution in [0.4, 0.5) is 5.69 Å². The van der Waals surface area contributed by atoms with E-state index in [4.69, 9.17) is 4.74 Å². The highest BCUT2D eigenvalue weighted by molar-refractivity contribution is 6.01. The second kappa shape index (κ2) is 9.72. The molecule has 8 heteroatoms. The Bertz CT molecular complexity index is 1160. The number of ether oxygens (including phenoxy) is 1. The molecule has 0 spiro atoms. The summed E-state index contributed by atoms with van der Waals surface area (Å²) in [5.74, 6) is -1.02. The standard InChI is InChI=1S/C26H33N3O5/c1-16(2)22-11-18-12-23(28-7-5-27(6-8-28)9-10-34-4)19(17(3)30)13-20(18)24-14-25(31)21(26(32)33)15-29(22)24/h12-16,22H,5-11H2,1-4H3,(H,32,33). The Morgan fingerprint density at radius 3 is 2.41 bits per heavy atom. The number of hydrogen-bond donors (Lipinski definition) is 1. The molecule has 0 amide bonds. The van der Waals surface area contributed by atoms with Gasteiger partial charge in [-0.05, 0) is 37.0 Å². The van der Waals surface area contributed by atoms with Gasteiger partial charge in [-0.15, -0.1) is 0 Å². The molecule has 0 aliphatic carbocycles. The molecule has 0 radical (unpaired) electrons. The summed E-state index contributed by atoms with van der Waals surface area (Å²) in [6.07, 6.45) is 2.18. The van der Waals surface area contributed by atoms with Gasteiger partial charge in [-0.25, -0.2) is 4.79 Å². The van der Waals surface area contributed by atoms with Crippen LogP contribution in [0.25, 0.3) is 11.3 Å². The number of carboxylic acid groups (broad SMARTS) is 1. The number of aromatic nitrogens is 1. The van der Waals surface area contributed by atoms with Crippen molar-refractivity contribution in [3.63, 3.8) is 0 Å². The van der Waals surface area contributed by atoms with E-state index in [0.29, 0.717) is 24.3 Å². The summed E-state index contributed by atoms with van der Waals surface area (Å²) in [4.78, 5) is 41.5. The van der Waals surface area contributed by atoms with Crippen LogP contribution in [0.3, 0.4) is 0 Å². The number of carbonyl (C=O) groups excluding carboxylic acids is 1. The SMILES string of the molecule is COCCN1CCN(c2cc3c(cc2C(C)=O)-c2cc(=O)c(C(=O)O)cn2C(C(C)C)C3)CC1. The summed E-state index contributed by atoms with van der Waals surface area (Å²) >= 11 is 0. The molecule has 2 aromatic rings. The highest BCUT2D eigenvalue weighted by Gasteiger charge is 2.30. The number of Topliss-reactive ketones (excluding diaryl/α,β-unsaturated/α-hetero) is 1. The van der Waals surface area contributed by atoms with E-state index in [1.165, 1.54) is 12.3 Å². The fourth-order valence-electron chi connectivity index (χ4n) is 5.10. The summed E-state index contributed by atoms with van der Waals surface area (Å²) in [6, 6.07) is 5.44. The van der Waals surface area contributed by atoms with Gasteiger partial charge in [0, 0.05) is 75.0 Å². The third kappa shape index (κ3) is 4.52. The van der Waals surface area contributed by atoms with E-state index >= 15 is 0 Å². The summed E-state index contributed by atoms with van der Waals surface area (Å²) < 4.78 is 7.11. The number of benzene rings is 1. The molecule has 2 aliphatic heterocycles. The predicted molar refractivity (Wildman–Crippen MR) is 131 cm³/mol. The first-order chi connectivity index (χ1) is 16.2. The van der Waals surface area contributed by atoms with Gasteiger partial charge >= 0.3 is 5.97 Å². The summed E-state index contributed by atoms with van der Waals surface area (Å²) in [5, 5.41) is 9.48. The van der Waals surface area contributed by atoms with E-state index in [1.807, 2.05) is 10.6 Å². The molecule has 1 fully saturated rings. The first-order valence-electron chi connectivity index (χ1n) is 11.8. The van der Waals surface area contributed by atoms with Crippen molar-refractivity contribution in [3.05, 3.63) is 51.3 Å². The van der Waals surface area contributed by atoms with Crippen LogP contribution in [0.5, 0.6) is 0 Å². The van der Waals surface area contributed by atoms with Crippen LogP contribution in [0.15, 0.2) is 29.2 Å². The minimum Gasteiger partial charge on any atom is -0.477 e. The Kier molecular flexibility index (Phi) is 6.91. The monoisotopic (exact) mass is 467 g/mol. The molecule has 4 rings (SSSR count). The molecule has 182 valence electrons. The van der Waals surface area contributed by atoms with Gasteiger partial charge in [-0.1, -0.05) is 13.8 Å². The molecule has 1 unspecified atom stereocenters. The lowest BCUT2D eigenvalue weighted by Gasteiger charge is -2.38. The zero-order valence-electron chi connectivity index (χ0n) is 20.3. The van der Waals surface area contributed by atoms with Crippen molar-refractivity contribution in [1.29, 1.82) is 0 Å². The van der Waals surface area contributed by atoms with Crippen LogP contribution >= 0.6 is 0 Å². The number of carboxylic acids is 1. The lowest BCUT2D eigenvalue weighted by atomic mass is 9.85. The Morgan fingerprint density at radius 2 is 1.82 bits per heavy atom. The quantitative estimate of drug-likeness (QED) is 0.626. The molecule has 3 heterocycles. The lowest BCUT2D eigenvalue weighted by Crippen LogP contribution is -2.47. The molecule has 1 atom stereocenters. The molecule has 1 N–H and O–H groups in total. The Labute approximate surface area is 199 Å². The molecule has 1 aromatic heterocycles. The third-order valence-electron chi connectivity index (χ3n) is 7.07. The maximum atomic E-state index is 12.7. The maximum Gasteiger partial charge on any atom is 0.341 e. The number of carbonyl (C=O) groups is 2. The first kappa shape index (κ1) is 24.2. The zero-order valence-corrected chi connectivity index (χ0v) is 20.3. The number of fused-ring (bicyclic) bond motifs is 3. The predicted octanol–water partition coefficient (Wildman–Crippen LogP) is 2.94. The number of hydrogen-bond acceptors (Lipinski definition) is 6. The van der Waals surface area contributed by atoms with Crippen molar-refractivity contribution in [3.8, 4) is 11.3 Å². The molecule has 2 aliphatic rings. The smallest absolute Gasteiger partial charge is 0.341 e. The Balaban J connectivity index is 1.78. The largest absolute Gasteiger partial charge is 0.477 e. The average molecular weight is 468 g/mol. The van der Waals surface area contributed by atoms with Crippen LogP contribution in [0.1, 0.15) is 53.1 Å². The number of anilines is 1. The van der Waals surface area contributed by atoms with Gasteiger partial charge in [0.2, 0.25) is 0 Å². The van der Waals surface area contributed by atoms with Crippen molar-refractivity contribution in [2.24, 2.45) is 5.92 Å². The maximum absolute atomic E-state index is 12.7. The van der Waals surface area contributed by atoms with Gasteiger partial charge in [0.25, 0.3) is 0 Å². The van der Waals surface area contributed by atoms with E-state index in [2.05, 4.69) is 29.7 Å². The highest BCUT2D eigenvalue weighted by atomic mass is 16.5. The van der Waals surface area contributed by atoms with Crippen molar-refractivity contribution < 1.29 is 19.4 Å². The summed E-state index contributed by atoms with van der Waals surface area (Å²) in [7, 11) is 1.71. The number of nitrogens with zero attached hydrogens (tertiary/aromatic N) is 3. The van der Waals surface area contributed by atoms with E-state index in [0.717, 1.165) is 49.5 Å². The molecule has 8 nitrogen and oxygen atoms in total. The lowest BCUT2D eigenvalue weighted by molar-refractivity contribution is 0.0694. The molecule has 34 heavy (non-hydrogen) atoms. The van der Waals surface area contributed by atoms with Crippen LogP contribution < -0.4 is 10.3 Å². The summed E-state index contributed by atoms with van der Waals surface area (Å²) in [5.41, 5.74) is 3.42. The number of piperazine rings is 1. The van der Waals surface area contributed by atoms with E-state index < -0.39 is 11.4 Å². The van der Waals surface area contributed by atoms with Crippen molar-refractivity contribution in [2.75, 3.05) is 51.3 Å². The summed E-state index contributed by atoms with van der Waals surface area (Å²) in [6.45, 7) is 10.8. The van der Waals surface area contributed by atoms with Crippen molar-refractivity contribution in [1.82, 2.24) is 9.47 Å². The van der Waals surface area contributed by atoms with E-state index in [-0.39, 0.29) is 23.3 Å². The number of aromatic carboxylic acids is 1. The normalized spacial score (nSPS) is 18.0. The zero-order chi connectivity index (χ0) is 24.6. The molecule has 0 bridgehead atoms. The second-order valence-electron chi connectivity index (χ2n) is 9.57. The first-order valence-corrected chi connectivity index (χ1v) is 11.8. The Morgan fingerprint density at radius 1 is 1.12 bits per heavy atom. The van der Waals surface area contributed by atoms with E-state index in [1.54, 1.807) is 14.0 Å². The average Bonchev–Trinajstić information content (AvgIpc) is 2.81. The fraction of sp³-hybridized carbons (Fsp3) is 0.500. The van der Waals surface area contributed by atoms with Gasteiger partial charge in [0.15, 0.2) is 11.2 Å². The van der Waals surface area contributed by atoms with Gasteiger partial charge < -0.3 is 19.3 Å². The van der Waals surface area contributed by atoms with Crippen LogP contribution in [-0.2, 0) is 11.2 Å².